The highest BCUT2D eigenvalue weighted by atomic mass is 31.1. The van der Waals surface area contributed by atoms with Gasteiger partial charge in [0, 0.05) is 13.2 Å². The number of aromatic nitrogens is 1. The molecule has 111 valence electrons. The molecule has 1 heterocycles. The summed E-state index contributed by atoms with van der Waals surface area (Å²) in [6.45, 7) is 7.79. The van der Waals surface area contributed by atoms with E-state index < -0.39 is 30.6 Å². The van der Waals surface area contributed by atoms with Crippen LogP contribution in [-0.4, -0.2) is 30.7 Å². The van der Waals surface area contributed by atoms with E-state index in [2.05, 4.69) is 0 Å². The number of hydrogen-bond donors (Lipinski definition) is 0. The molecule has 0 bridgehead atoms. The molecule has 20 heavy (non-hydrogen) atoms. The maximum Gasteiger partial charge on any atom is 0.421 e. The molecule has 0 saturated heterocycles. The van der Waals surface area contributed by atoms with Crippen molar-refractivity contribution in [2.75, 3.05) is 13.3 Å². The van der Waals surface area contributed by atoms with Crippen LogP contribution in [0.25, 0.3) is 0 Å². The molecule has 0 aliphatic carbocycles. The highest BCUT2D eigenvalue weighted by Crippen LogP contribution is 2.42. The number of nitrogens with zero attached hydrogens (tertiary/aromatic N) is 1. The fraction of sp³-hybridized carbons (Fsp3) is 0.583. The summed E-state index contributed by atoms with van der Waals surface area (Å²) in [6, 6.07) is 0.812. The third kappa shape index (κ3) is 4.09. The summed E-state index contributed by atoms with van der Waals surface area (Å²) < 4.78 is 44.7. The van der Waals surface area contributed by atoms with Gasteiger partial charge >= 0.3 is 13.7 Å². The summed E-state index contributed by atoms with van der Waals surface area (Å²) in [4.78, 5) is 11.5. The standard InChI is InChI=1S/C12H17BF3NO2P/c1-11(2,20(4)5)19-13-8-6-9(12(14,15)16)10(18)17(3)7-8/h6-7H,1-5H3. The minimum absolute atomic E-state index is 0.212. The van der Waals surface area contributed by atoms with E-state index in [0.717, 1.165) is 10.6 Å². The van der Waals surface area contributed by atoms with Crippen molar-refractivity contribution in [1.82, 2.24) is 4.57 Å². The second-order valence-electron chi connectivity index (χ2n) is 5.18. The van der Waals surface area contributed by atoms with Crippen LogP contribution >= 0.6 is 7.92 Å². The fourth-order valence-electron chi connectivity index (χ4n) is 1.32. The highest BCUT2D eigenvalue weighted by molar-refractivity contribution is 7.57. The Morgan fingerprint density at radius 3 is 2.30 bits per heavy atom. The van der Waals surface area contributed by atoms with E-state index in [4.69, 9.17) is 4.65 Å². The van der Waals surface area contributed by atoms with Crippen molar-refractivity contribution < 1.29 is 17.8 Å². The third-order valence-corrected chi connectivity index (χ3v) is 5.33. The van der Waals surface area contributed by atoms with Gasteiger partial charge in [-0.05, 0) is 38.7 Å². The summed E-state index contributed by atoms with van der Waals surface area (Å²) in [5.74, 6) is 0. The van der Waals surface area contributed by atoms with Crippen LogP contribution in [0.15, 0.2) is 17.1 Å². The zero-order valence-electron chi connectivity index (χ0n) is 12.1. The molecular formula is C12H17BF3NO2P. The molecule has 1 radical (unpaired) electrons. The second kappa shape index (κ2) is 5.90. The van der Waals surface area contributed by atoms with Gasteiger partial charge < -0.3 is 9.22 Å². The van der Waals surface area contributed by atoms with Gasteiger partial charge in [-0.15, -0.1) is 0 Å². The van der Waals surface area contributed by atoms with E-state index in [0.29, 0.717) is 0 Å². The zero-order valence-corrected chi connectivity index (χ0v) is 13.0. The molecule has 0 unspecified atom stereocenters. The monoisotopic (exact) mass is 306 g/mol. The van der Waals surface area contributed by atoms with Gasteiger partial charge in [-0.25, -0.2) is 0 Å². The predicted molar refractivity (Wildman–Crippen MR) is 76.0 cm³/mol. The number of alkyl halides is 3. The van der Waals surface area contributed by atoms with Crippen LogP contribution in [0.5, 0.6) is 0 Å². The lowest BCUT2D eigenvalue weighted by atomic mass is 9.88. The largest absolute Gasteiger partial charge is 0.426 e. The van der Waals surface area contributed by atoms with Gasteiger partial charge in [-0.2, -0.15) is 13.2 Å². The number of hydrogen-bond acceptors (Lipinski definition) is 2. The smallest absolute Gasteiger partial charge is 0.421 e. The Morgan fingerprint density at radius 1 is 1.30 bits per heavy atom. The number of pyridine rings is 1. The number of rotatable bonds is 4. The average molecular weight is 306 g/mol. The molecule has 0 atom stereocenters. The molecular weight excluding hydrogens is 289 g/mol. The molecule has 0 aliphatic rings. The molecule has 0 aromatic carbocycles. The van der Waals surface area contributed by atoms with Crippen molar-refractivity contribution in [3.05, 3.63) is 28.2 Å². The lowest BCUT2D eigenvalue weighted by Crippen LogP contribution is -2.35. The van der Waals surface area contributed by atoms with Crippen molar-refractivity contribution in [3.63, 3.8) is 0 Å². The van der Waals surface area contributed by atoms with Crippen LogP contribution < -0.4 is 11.0 Å². The fourth-order valence-corrected chi connectivity index (χ4v) is 1.59. The molecule has 0 amide bonds. The van der Waals surface area contributed by atoms with Gasteiger partial charge in [0.1, 0.15) is 5.56 Å². The van der Waals surface area contributed by atoms with Gasteiger partial charge in [0.15, 0.2) is 0 Å². The van der Waals surface area contributed by atoms with Crippen molar-refractivity contribution in [2.24, 2.45) is 7.05 Å². The molecule has 8 heteroatoms. The van der Waals surface area contributed by atoms with Gasteiger partial charge in [0.25, 0.3) is 5.56 Å². The van der Waals surface area contributed by atoms with Crippen LogP contribution in [0.4, 0.5) is 13.2 Å². The first-order chi connectivity index (χ1) is 8.95. The van der Waals surface area contributed by atoms with Crippen molar-refractivity contribution >= 4 is 20.9 Å². The third-order valence-electron chi connectivity index (χ3n) is 3.07. The SMILES string of the molecule is Cn1cc([B]OC(C)(C)P(C)C)cc(C(F)(F)F)c1=O. The first kappa shape index (κ1) is 17.2. The lowest BCUT2D eigenvalue weighted by molar-refractivity contribution is -0.138. The quantitative estimate of drug-likeness (QED) is 0.630. The minimum atomic E-state index is -4.67. The van der Waals surface area contributed by atoms with Crippen LogP contribution in [-0.2, 0) is 17.9 Å². The van der Waals surface area contributed by atoms with Gasteiger partial charge in [0.2, 0.25) is 0 Å². The maximum absolute atomic E-state index is 12.7. The van der Waals surface area contributed by atoms with E-state index in [1.807, 2.05) is 27.2 Å². The molecule has 1 aromatic heterocycles. The molecule has 1 aromatic rings. The van der Waals surface area contributed by atoms with Crippen LogP contribution in [0.1, 0.15) is 19.4 Å². The second-order valence-corrected chi connectivity index (χ2v) is 8.04. The lowest BCUT2D eigenvalue weighted by Gasteiger charge is -2.30. The first-order valence-electron chi connectivity index (χ1n) is 5.91. The Morgan fingerprint density at radius 2 is 1.85 bits per heavy atom. The minimum Gasteiger partial charge on any atom is -0.426 e. The predicted octanol–water partition coefficient (Wildman–Crippen LogP) is 2.14. The summed E-state index contributed by atoms with van der Waals surface area (Å²) >= 11 is 0. The van der Waals surface area contributed by atoms with E-state index in [9.17, 15) is 18.0 Å². The Hall–Kier alpha value is -0.805. The highest BCUT2D eigenvalue weighted by Gasteiger charge is 2.35. The summed E-state index contributed by atoms with van der Waals surface area (Å²) in [7, 11) is 2.13. The molecule has 0 N–H and O–H groups in total. The van der Waals surface area contributed by atoms with E-state index in [-0.39, 0.29) is 5.46 Å². The van der Waals surface area contributed by atoms with Crippen molar-refractivity contribution in [1.29, 1.82) is 0 Å². The molecule has 0 fully saturated rings. The topological polar surface area (TPSA) is 31.2 Å². The Bertz CT molecular complexity index is 540. The van der Waals surface area contributed by atoms with Gasteiger partial charge in [-0.1, -0.05) is 7.92 Å². The van der Waals surface area contributed by atoms with Crippen molar-refractivity contribution in [2.45, 2.75) is 25.4 Å². The molecule has 0 spiro atoms. The summed E-state index contributed by atoms with van der Waals surface area (Å²) in [6.07, 6.45) is -3.35. The van der Waals surface area contributed by atoms with Crippen LogP contribution in [0.2, 0.25) is 0 Å². The van der Waals surface area contributed by atoms with E-state index in [1.54, 1.807) is 0 Å². The van der Waals surface area contributed by atoms with Crippen LogP contribution in [0.3, 0.4) is 0 Å². The maximum atomic E-state index is 12.7. The number of halogens is 3. The molecule has 1 rings (SSSR count). The van der Waals surface area contributed by atoms with E-state index >= 15 is 0 Å². The van der Waals surface area contributed by atoms with Crippen molar-refractivity contribution in [3.8, 4) is 0 Å². The van der Waals surface area contributed by atoms with Gasteiger partial charge in [0.05, 0.1) is 5.34 Å². The Kier molecular flexibility index (Phi) is 5.09. The zero-order chi connectivity index (χ0) is 15.7. The summed E-state index contributed by atoms with van der Waals surface area (Å²) in [5.41, 5.74) is -2.04. The molecule has 3 nitrogen and oxygen atoms in total. The van der Waals surface area contributed by atoms with Crippen LogP contribution in [0, 0.1) is 0 Å². The summed E-state index contributed by atoms with van der Waals surface area (Å²) in [5, 5.41) is -0.442. The first-order valence-corrected chi connectivity index (χ1v) is 8.15. The average Bonchev–Trinajstić information content (AvgIpc) is 2.28. The normalized spacial score (nSPS) is 12.8. The molecule has 0 saturated carbocycles. The van der Waals surface area contributed by atoms with E-state index in [1.165, 1.54) is 20.7 Å². The molecule has 0 aliphatic heterocycles. The number of aryl methyl sites for hydroxylation is 1. The van der Waals surface area contributed by atoms with Gasteiger partial charge in [-0.3, -0.25) is 4.79 Å². The Balaban J connectivity index is 3.05. The Labute approximate surface area is 118 Å².